The lowest BCUT2D eigenvalue weighted by molar-refractivity contribution is -0.385. The van der Waals surface area contributed by atoms with Crippen molar-refractivity contribution in [3.63, 3.8) is 0 Å². The van der Waals surface area contributed by atoms with Crippen LogP contribution in [0.5, 0.6) is 0 Å². The van der Waals surface area contributed by atoms with Gasteiger partial charge < -0.3 is 20.0 Å². The summed E-state index contributed by atoms with van der Waals surface area (Å²) in [5.41, 5.74) is 0.643. The zero-order valence-corrected chi connectivity index (χ0v) is 20.8. The summed E-state index contributed by atoms with van der Waals surface area (Å²) in [4.78, 5) is 22.8. The highest BCUT2D eigenvalue weighted by molar-refractivity contribution is 5.53. The minimum atomic E-state index is -4.67. The maximum atomic E-state index is 12.6. The summed E-state index contributed by atoms with van der Waals surface area (Å²) in [6, 6.07) is 8.48. The quantitative estimate of drug-likeness (QED) is 0.278. The monoisotopic (exact) mass is 580 g/mol. The number of aliphatic hydroxyl groups excluding tert-OH is 2. The largest absolute Gasteiger partial charge is 0.416 e. The molecule has 4 atom stereocenters. The predicted octanol–water partition coefficient (Wildman–Crippen LogP) is 4.97. The van der Waals surface area contributed by atoms with Gasteiger partial charge in [0.25, 0.3) is 11.4 Å². The lowest BCUT2D eigenvalue weighted by Crippen LogP contribution is -2.47. The molecule has 2 saturated heterocycles. The Bertz CT molecular complexity index is 1070. The first-order chi connectivity index (χ1) is 18.6. The molecule has 2 fully saturated rings. The first-order valence-corrected chi connectivity index (χ1v) is 12.1. The minimum Gasteiger partial charge on any atom is -0.382 e. The SMILES string of the molecule is O=[N+]([O-])c1ccc(N2CCC[C@@H]2[C@@H](O)C(F)(F)F)cc1.O=[N+]([O-])c1ccc(N2CCC[C@@H]2[C@H](O)C(F)(F)F)cc1. The molecule has 0 saturated carbocycles. The molecule has 0 amide bonds. The number of rotatable bonds is 6. The van der Waals surface area contributed by atoms with Crippen molar-refractivity contribution in [3.05, 3.63) is 68.8 Å². The number of alkyl halides is 6. The molecule has 0 radical (unpaired) electrons. The second-order valence-electron chi connectivity index (χ2n) is 9.33. The van der Waals surface area contributed by atoms with Gasteiger partial charge in [0.05, 0.1) is 21.9 Å². The fraction of sp³-hybridized carbons (Fsp3) is 0.500. The molecule has 0 bridgehead atoms. The number of aliphatic hydroxyl groups is 2. The molecule has 40 heavy (non-hydrogen) atoms. The average Bonchev–Trinajstić information content (AvgIpc) is 3.57. The van der Waals surface area contributed by atoms with E-state index in [0.717, 1.165) is 0 Å². The zero-order valence-electron chi connectivity index (χ0n) is 20.8. The number of hydrogen-bond donors (Lipinski definition) is 2. The van der Waals surface area contributed by atoms with Gasteiger partial charge in [0.1, 0.15) is 0 Å². The molecule has 2 aromatic rings. The molecule has 0 unspecified atom stereocenters. The highest BCUT2D eigenvalue weighted by Crippen LogP contribution is 2.35. The van der Waals surface area contributed by atoms with E-state index in [4.69, 9.17) is 0 Å². The van der Waals surface area contributed by atoms with Crippen molar-refractivity contribution in [1.29, 1.82) is 0 Å². The molecule has 16 heteroatoms. The maximum Gasteiger partial charge on any atom is 0.416 e. The van der Waals surface area contributed by atoms with E-state index in [9.17, 15) is 56.8 Å². The van der Waals surface area contributed by atoms with Crippen LogP contribution in [-0.2, 0) is 0 Å². The number of nitro groups is 2. The maximum absolute atomic E-state index is 12.6. The molecule has 2 heterocycles. The summed E-state index contributed by atoms with van der Waals surface area (Å²) < 4.78 is 75.6. The van der Waals surface area contributed by atoms with Gasteiger partial charge in [0.2, 0.25) is 0 Å². The average molecular weight is 580 g/mol. The number of anilines is 2. The number of nitro benzene ring substituents is 2. The van der Waals surface area contributed by atoms with Crippen molar-refractivity contribution in [2.75, 3.05) is 22.9 Å². The van der Waals surface area contributed by atoms with Crippen LogP contribution in [0.25, 0.3) is 0 Å². The van der Waals surface area contributed by atoms with Gasteiger partial charge in [0, 0.05) is 48.7 Å². The van der Waals surface area contributed by atoms with Crippen molar-refractivity contribution in [1.82, 2.24) is 0 Å². The van der Waals surface area contributed by atoms with E-state index in [1.165, 1.54) is 58.3 Å². The number of halogens is 6. The Morgan fingerprint density at radius 2 is 0.975 bits per heavy atom. The van der Waals surface area contributed by atoms with Crippen LogP contribution >= 0.6 is 0 Å². The third-order valence-electron chi connectivity index (χ3n) is 6.78. The van der Waals surface area contributed by atoms with Crippen LogP contribution in [-0.4, -0.2) is 69.8 Å². The second-order valence-corrected chi connectivity index (χ2v) is 9.33. The molecule has 10 nitrogen and oxygen atoms in total. The van der Waals surface area contributed by atoms with E-state index < -0.39 is 46.5 Å². The van der Waals surface area contributed by atoms with Crippen LogP contribution in [0, 0.1) is 20.2 Å². The van der Waals surface area contributed by atoms with Crippen molar-refractivity contribution < 1.29 is 46.4 Å². The van der Waals surface area contributed by atoms with E-state index in [1.807, 2.05) is 0 Å². The van der Waals surface area contributed by atoms with Crippen LogP contribution in [0.3, 0.4) is 0 Å². The number of non-ortho nitro benzene ring substituents is 2. The fourth-order valence-electron chi connectivity index (χ4n) is 4.85. The van der Waals surface area contributed by atoms with E-state index in [0.29, 0.717) is 37.3 Å². The van der Waals surface area contributed by atoms with Crippen LogP contribution in [0.2, 0.25) is 0 Å². The van der Waals surface area contributed by atoms with E-state index >= 15 is 0 Å². The standard InChI is InChI=1S/2C12H13F3N2O3/c2*13-12(14,15)11(18)10-2-1-7-16(10)8-3-5-9(6-4-8)17(19)20/h2*3-6,10-11,18H,1-2,7H2/t10-,11+;10-,11-/m11/s1. The Labute approximate surface area is 223 Å². The van der Waals surface area contributed by atoms with Crippen molar-refractivity contribution in [3.8, 4) is 0 Å². The van der Waals surface area contributed by atoms with Gasteiger partial charge in [-0.25, -0.2) is 0 Å². The van der Waals surface area contributed by atoms with Crippen molar-refractivity contribution >= 4 is 22.7 Å². The molecule has 2 N–H and O–H groups in total. The molecule has 0 aromatic heterocycles. The normalized spacial score (nSPS) is 21.0. The van der Waals surface area contributed by atoms with E-state index in [-0.39, 0.29) is 24.2 Å². The van der Waals surface area contributed by atoms with Crippen LogP contribution in [0.1, 0.15) is 25.7 Å². The topological polar surface area (TPSA) is 133 Å². The van der Waals surface area contributed by atoms with Gasteiger partial charge in [-0.05, 0) is 49.9 Å². The zero-order chi connectivity index (χ0) is 29.8. The first-order valence-electron chi connectivity index (χ1n) is 12.1. The van der Waals surface area contributed by atoms with E-state index in [1.54, 1.807) is 0 Å². The van der Waals surface area contributed by atoms with Crippen molar-refractivity contribution in [2.45, 2.75) is 62.3 Å². The molecule has 4 rings (SSSR count). The van der Waals surface area contributed by atoms with Gasteiger partial charge in [0.15, 0.2) is 12.2 Å². The van der Waals surface area contributed by atoms with Crippen LogP contribution < -0.4 is 9.80 Å². The molecule has 220 valence electrons. The van der Waals surface area contributed by atoms with Crippen LogP contribution in [0.15, 0.2) is 48.5 Å². The Morgan fingerprint density at radius 1 is 0.675 bits per heavy atom. The highest BCUT2D eigenvalue weighted by atomic mass is 19.4. The summed E-state index contributed by atoms with van der Waals surface area (Å²) in [5.74, 6) is 0. The lowest BCUT2D eigenvalue weighted by Gasteiger charge is -2.31. The predicted molar refractivity (Wildman–Crippen MR) is 131 cm³/mol. The highest BCUT2D eigenvalue weighted by Gasteiger charge is 2.48. The Hall–Kier alpha value is -3.66. The Kier molecular flexibility index (Phi) is 9.45. The molecule has 0 spiro atoms. The molecular weight excluding hydrogens is 554 g/mol. The van der Waals surface area contributed by atoms with Gasteiger partial charge in [-0.15, -0.1) is 0 Å². The van der Waals surface area contributed by atoms with E-state index in [2.05, 4.69) is 0 Å². The number of benzene rings is 2. The Morgan fingerprint density at radius 3 is 1.23 bits per heavy atom. The first kappa shape index (κ1) is 30.9. The lowest BCUT2D eigenvalue weighted by atomic mass is 10.1. The third-order valence-corrected chi connectivity index (χ3v) is 6.78. The van der Waals surface area contributed by atoms with Crippen molar-refractivity contribution in [2.24, 2.45) is 0 Å². The van der Waals surface area contributed by atoms with Gasteiger partial charge >= 0.3 is 12.4 Å². The summed E-state index contributed by atoms with van der Waals surface area (Å²) >= 11 is 0. The molecule has 2 aromatic carbocycles. The molecule has 2 aliphatic rings. The summed E-state index contributed by atoms with van der Waals surface area (Å²) in [6.45, 7) is 0.769. The molecule has 2 aliphatic heterocycles. The van der Waals surface area contributed by atoms with Gasteiger partial charge in [-0.2, -0.15) is 26.3 Å². The summed E-state index contributed by atoms with van der Waals surface area (Å²) in [6.07, 6.45) is -12.6. The van der Waals surface area contributed by atoms with Crippen LogP contribution in [0.4, 0.5) is 49.1 Å². The fourth-order valence-corrected chi connectivity index (χ4v) is 4.85. The summed E-state index contributed by atoms with van der Waals surface area (Å²) in [7, 11) is 0. The number of hydrogen-bond acceptors (Lipinski definition) is 8. The van der Waals surface area contributed by atoms with Gasteiger partial charge in [-0.3, -0.25) is 20.2 Å². The minimum absolute atomic E-state index is 0.124. The Balaban J connectivity index is 0.000000220. The smallest absolute Gasteiger partial charge is 0.382 e. The second kappa shape index (κ2) is 12.2. The summed E-state index contributed by atoms with van der Waals surface area (Å²) in [5, 5.41) is 39.9. The third kappa shape index (κ3) is 7.29. The van der Waals surface area contributed by atoms with Gasteiger partial charge in [-0.1, -0.05) is 0 Å². The molecule has 0 aliphatic carbocycles. The number of nitrogens with zero attached hydrogens (tertiary/aromatic N) is 4. The molecular formula is C24H26F6N4O6.